The molecule has 0 fully saturated rings. The first kappa shape index (κ1) is 13.1. The Bertz CT molecular complexity index is 564. The normalized spacial score (nSPS) is 19.1. The van der Waals surface area contributed by atoms with Crippen molar-refractivity contribution in [2.75, 3.05) is 12.9 Å². The molecule has 5 heteroatoms. The van der Waals surface area contributed by atoms with Gasteiger partial charge in [0.05, 0.1) is 12.9 Å². The maximum atomic E-state index is 12.4. The Morgan fingerprint density at radius 1 is 1.50 bits per heavy atom. The quantitative estimate of drug-likeness (QED) is 0.784. The van der Waals surface area contributed by atoms with Crippen LogP contribution in [-0.4, -0.2) is 26.3 Å². The fourth-order valence-electron chi connectivity index (χ4n) is 2.11. The first-order chi connectivity index (χ1) is 8.53. The van der Waals surface area contributed by atoms with Gasteiger partial charge in [-0.3, -0.25) is 0 Å². The third kappa shape index (κ3) is 2.72. The van der Waals surface area contributed by atoms with Crippen molar-refractivity contribution in [3.8, 4) is 5.88 Å². The van der Waals surface area contributed by atoms with Gasteiger partial charge in [0.2, 0.25) is 5.88 Å². The van der Waals surface area contributed by atoms with Gasteiger partial charge in [-0.05, 0) is 37.3 Å². The minimum absolute atomic E-state index is 0.111. The Kier molecular flexibility index (Phi) is 3.71. The average Bonchev–Trinajstić information content (AvgIpc) is 2.81. The molecule has 1 unspecified atom stereocenters. The molecule has 1 heterocycles. The van der Waals surface area contributed by atoms with Gasteiger partial charge < -0.3 is 4.74 Å². The zero-order chi connectivity index (χ0) is 13.2. The standard InChI is InChI=1S/C13H17NO3S/c1-10-7-12(13(17-2)14-8-10)18(15,16)9-11-5-3-4-6-11/h3,5,7-8,11H,4,6,9H2,1-2H3. The summed E-state index contributed by atoms with van der Waals surface area (Å²) >= 11 is 0. The number of methoxy groups -OCH3 is 1. The van der Waals surface area contributed by atoms with E-state index in [0.29, 0.717) is 0 Å². The van der Waals surface area contributed by atoms with Crippen LogP contribution >= 0.6 is 0 Å². The highest BCUT2D eigenvalue weighted by Gasteiger charge is 2.25. The molecule has 1 aromatic heterocycles. The highest BCUT2D eigenvalue weighted by atomic mass is 32.2. The molecular weight excluding hydrogens is 250 g/mol. The maximum absolute atomic E-state index is 12.4. The summed E-state index contributed by atoms with van der Waals surface area (Å²) in [4.78, 5) is 4.22. The minimum Gasteiger partial charge on any atom is -0.480 e. The highest BCUT2D eigenvalue weighted by molar-refractivity contribution is 7.91. The van der Waals surface area contributed by atoms with Crippen LogP contribution < -0.4 is 4.74 Å². The number of hydrogen-bond acceptors (Lipinski definition) is 4. The molecule has 1 aliphatic carbocycles. The SMILES string of the molecule is COc1ncc(C)cc1S(=O)(=O)CC1C=CCC1. The predicted octanol–water partition coefficient (Wildman–Crippen LogP) is 2.14. The van der Waals surface area contributed by atoms with Crippen molar-refractivity contribution in [1.82, 2.24) is 4.98 Å². The van der Waals surface area contributed by atoms with Gasteiger partial charge in [-0.2, -0.15) is 0 Å². The maximum Gasteiger partial charge on any atom is 0.232 e. The van der Waals surface area contributed by atoms with E-state index in [-0.39, 0.29) is 22.4 Å². The van der Waals surface area contributed by atoms with Crippen LogP contribution in [0.4, 0.5) is 0 Å². The first-order valence-electron chi connectivity index (χ1n) is 5.93. The van der Waals surface area contributed by atoms with Crippen molar-refractivity contribution >= 4 is 9.84 Å². The summed E-state index contributed by atoms with van der Waals surface area (Å²) in [6.07, 6.45) is 7.48. The lowest BCUT2D eigenvalue weighted by Crippen LogP contribution is -2.15. The van der Waals surface area contributed by atoms with E-state index in [9.17, 15) is 8.42 Å². The summed E-state index contributed by atoms with van der Waals surface area (Å²) in [7, 11) is -1.91. The number of rotatable bonds is 4. The third-order valence-corrected chi connectivity index (χ3v) is 4.86. The summed E-state index contributed by atoms with van der Waals surface area (Å²) in [5.74, 6) is 0.424. The van der Waals surface area contributed by atoms with Gasteiger partial charge in [-0.15, -0.1) is 0 Å². The van der Waals surface area contributed by atoms with Crippen molar-refractivity contribution in [3.63, 3.8) is 0 Å². The van der Waals surface area contributed by atoms with Crippen molar-refractivity contribution in [1.29, 1.82) is 0 Å². The third-order valence-electron chi connectivity index (χ3n) is 3.03. The summed E-state index contributed by atoms with van der Waals surface area (Å²) < 4.78 is 29.8. The zero-order valence-electron chi connectivity index (χ0n) is 10.6. The molecule has 2 rings (SSSR count). The van der Waals surface area contributed by atoms with Crippen molar-refractivity contribution in [2.45, 2.75) is 24.7 Å². The van der Waals surface area contributed by atoms with Crippen molar-refractivity contribution < 1.29 is 13.2 Å². The number of nitrogens with zero attached hydrogens (tertiary/aromatic N) is 1. The van der Waals surface area contributed by atoms with E-state index in [0.717, 1.165) is 18.4 Å². The molecule has 1 aliphatic rings. The Morgan fingerprint density at radius 2 is 2.28 bits per heavy atom. The van der Waals surface area contributed by atoms with Crippen LogP contribution in [0, 0.1) is 12.8 Å². The number of pyridine rings is 1. The van der Waals surface area contributed by atoms with Gasteiger partial charge >= 0.3 is 0 Å². The number of ether oxygens (including phenoxy) is 1. The van der Waals surface area contributed by atoms with Crippen molar-refractivity contribution in [3.05, 3.63) is 30.0 Å². The molecule has 1 atom stereocenters. The highest BCUT2D eigenvalue weighted by Crippen LogP contribution is 2.27. The van der Waals surface area contributed by atoms with E-state index < -0.39 is 9.84 Å². The molecule has 0 saturated heterocycles. The van der Waals surface area contributed by atoms with Crippen LogP contribution in [-0.2, 0) is 9.84 Å². The second kappa shape index (κ2) is 5.10. The van der Waals surface area contributed by atoms with Crippen LogP contribution in [0.15, 0.2) is 29.3 Å². The van der Waals surface area contributed by atoms with E-state index >= 15 is 0 Å². The van der Waals surface area contributed by atoms with Crippen LogP contribution in [0.1, 0.15) is 18.4 Å². The van der Waals surface area contributed by atoms with Crippen LogP contribution in [0.5, 0.6) is 5.88 Å². The molecule has 0 bridgehead atoms. The molecule has 98 valence electrons. The van der Waals surface area contributed by atoms with Crippen LogP contribution in [0.2, 0.25) is 0 Å². The van der Waals surface area contributed by atoms with Crippen molar-refractivity contribution in [2.24, 2.45) is 5.92 Å². The Balaban J connectivity index is 2.33. The van der Waals surface area contributed by atoms with Crippen LogP contribution in [0.25, 0.3) is 0 Å². The molecule has 0 aromatic carbocycles. The molecule has 1 aromatic rings. The summed E-state index contributed by atoms with van der Waals surface area (Å²) in [5, 5.41) is 0. The molecular formula is C13H17NO3S. The Morgan fingerprint density at radius 3 is 2.89 bits per heavy atom. The van der Waals surface area contributed by atoms with Gasteiger partial charge in [-0.1, -0.05) is 12.2 Å². The predicted molar refractivity (Wildman–Crippen MR) is 69.4 cm³/mol. The largest absolute Gasteiger partial charge is 0.480 e. The second-order valence-electron chi connectivity index (χ2n) is 4.57. The smallest absolute Gasteiger partial charge is 0.232 e. The minimum atomic E-state index is -3.35. The number of aromatic nitrogens is 1. The first-order valence-corrected chi connectivity index (χ1v) is 7.58. The molecule has 4 nitrogen and oxygen atoms in total. The van der Waals surface area contributed by atoms with E-state index in [1.165, 1.54) is 7.11 Å². The number of hydrogen-bond donors (Lipinski definition) is 0. The Hall–Kier alpha value is -1.36. The topological polar surface area (TPSA) is 56.3 Å². The molecule has 18 heavy (non-hydrogen) atoms. The lowest BCUT2D eigenvalue weighted by Gasteiger charge is -2.12. The molecule has 0 spiro atoms. The van der Waals surface area contributed by atoms with Gasteiger partial charge in [0.15, 0.2) is 9.84 Å². The molecule has 0 N–H and O–H groups in total. The van der Waals surface area contributed by atoms with E-state index in [4.69, 9.17) is 4.74 Å². The zero-order valence-corrected chi connectivity index (χ0v) is 11.4. The van der Waals surface area contributed by atoms with Gasteiger partial charge in [0.1, 0.15) is 4.90 Å². The lowest BCUT2D eigenvalue weighted by atomic mass is 10.2. The molecule has 0 radical (unpaired) electrons. The van der Waals surface area contributed by atoms with Gasteiger partial charge in [0.25, 0.3) is 0 Å². The van der Waals surface area contributed by atoms with E-state index in [1.807, 2.05) is 19.1 Å². The van der Waals surface area contributed by atoms with Gasteiger partial charge in [0, 0.05) is 6.20 Å². The number of sulfone groups is 1. The second-order valence-corrected chi connectivity index (χ2v) is 6.57. The summed E-state index contributed by atoms with van der Waals surface area (Å²) in [5.41, 5.74) is 0.816. The monoisotopic (exact) mass is 267 g/mol. The molecule has 0 aliphatic heterocycles. The summed E-state index contributed by atoms with van der Waals surface area (Å²) in [6, 6.07) is 1.62. The average molecular weight is 267 g/mol. The van der Waals surface area contributed by atoms with E-state index in [2.05, 4.69) is 4.98 Å². The van der Waals surface area contributed by atoms with Crippen LogP contribution in [0.3, 0.4) is 0 Å². The number of aryl methyl sites for hydroxylation is 1. The molecule has 0 amide bonds. The Labute approximate surface area is 108 Å². The number of allylic oxidation sites excluding steroid dienone is 2. The molecule has 0 saturated carbocycles. The summed E-state index contributed by atoms with van der Waals surface area (Å²) in [6.45, 7) is 1.82. The fraction of sp³-hybridized carbons (Fsp3) is 0.462. The van der Waals surface area contributed by atoms with Gasteiger partial charge in [-0.25, -0.2) is 13.4 Å². The fourth-order valence-corrected chi connectivity index (χ4v) is 3.90. The van der Waals surface area contributed by atoms with E-state index in [1.54, 1.807) is 12.3 Å². The lowest BCUT2D eigenvalue weighted by molar-refractivity contribution is 0.384.